The standard InChI is InChI=1S/C15H29NO4/c1-2-17-9-10-19-12-11-18-8-4-7-16-13-14-5-3-6-15(16)20-14/h14-15H,2-13H2,1H3. The number of fused-ring (bicyclic) bond motifs is 2. The smallest absolute Gasteiger partial charge is 0.111 e. The van der Waals surface area contributed by atoms with E-state index in [9.17, 15) is 0 Å². The van der Waals surface area contributed by atoms with E-state index in [0.717, 1.165) is 32.7 Å². The quantitative estimate of drug-likeness (QED) is 0.541. The van der Waals surface area contributed by atoms with Crippen molar-refractivity contribution in [3.8, 4) is 0 Å². The van der Waals surface area contributed by atoms with Gasteiger partial charge in [0.1, 0.15) is 6.23 Å². The van der Waals surface area contributed by atoms with Crippen LogP contribution in [0.4, 0.5) is 0 Å². The summed E-state index contributed by atoms with van der Waals surface area (Å²) in [5.41, 5.74) is 0. The summed E-state index contributed by atoms with van der Waals surface area (Å²) < 4.78 is 22.1. The molecule has 2 atom stereocenters. The summed E-state index contributed by atoms with van der Waals surface area (Å²) >= 11 is 0. The number of nitrogens with zero attached hydrogens (tertiary/aromatic N) is 1. The van der Waals surface area contributed by atoms with E-state index < -0.39 is 0 Å². The lowest BCUT2D eigenvalue weighted by molar-refractivity contribution is -0.0355. The molecule has 2 rings (SSSR count). The monoisotopic (exact) mass is 287 g/mol. The van der Waals surface area contributed by atoms with Crippen LogP contribution in [0, 0.1) is 0 Å². The Balaban J connectivity index is 1.37. The van der Waals surface area contributed by atoms with E-state index in [2.05, 4.69) is 4.90 Å². The number of hydrogen-bond donors (Lipinski definition) is 0. The second-order valence-electron chi connectivity index (χ2n) is 5.41. The molecule has 2 saturated heterocycles. The van der Waals surface area contributed by atoms with Crippen molar-refractivity contribution in [2.24, 2.45) is 0 Å². The Morgan fingerprint density at radius 2 is 1.75 bits per heavy atom. The summed E-state index contributed by atoms with van der Waals surface area (Å²) in [5, 5.41) is 0. The molecule has 2 aliphatic rings. The molecule has 20 heavy (non-hydrogen) atoms. The van der Waals surface area contributed by atoms with Crippen LogP contribution in [0.3, 0.4) is 0 Å². The lowest BCUT2D eigenvalue weighted by Crippen LogP contribution is -2.31. The predicted octanol–water partition coefficient (Wildman–Crippen LogP) is 1.66. The maximum atomic E-state index is 5.91. The van der Waals surface area contributed by atoms with E-state index in [-0.39, 0.29) is 0 Å². The van der Waals surface area contributed by atoms with E-state index in [0.29, 0.717) is 38.8 Å². The second-order valence-corrected chi connectivity index (χ2v) is 5.41. The zero-order valence-corrected chi connectivity index (χ0v) is 12.7. The fourth-order valence-electron chi connectivity index (χ4n) is 2.85. The zero-order chi connectivity index (χ0) is 14.0. The van der Waals surface area contributed by atoms with E-state index in [1.165, 1.54) is 19.3 Å². The highest BCUT2D eigenvalue weighted by Crippen LogP contribution is 2.29. The number of rotatable bonds is 11. The molecule has 2 heterocycles. The van der Waals surface area contributed by atoms with Crippen molar-refractivity contribution in [3.63, 3.8) is 0 Å². The summed E-state index contributed by atoms with van der Waals surface area (Å²) in [4.78, 5) is 2.47. The van der Waals surface area contributed by atoms with Crippen LogP contribution in [0.15, 0.2) is 0 Å². The van der Waals surface area contributed by atoms with Crippen molar-refractivity contribution in [2.75, 3.05) is 52.7 Å². The third kappa shape index (κ3) is 5.66. The summed E-state index contributed by atoms with van der Waals surface area (Å²) in [6.45, 7) is 8.42. The maximum Gasteiger partial charge on any atom is 0.111 e. The van der Waals surface area contributed by atoms with Gasteiger partial charge in [-0.15, -0.1) is 0 Å². The highest BCUT2D eigenvalue weighted by atomic mass is 16.5. The fourth-order valence-corrected chi connectivity index (χ4v) is 2.85. The summed E-state index contributed by atoms with van der Waals surface area (Å²) in [7, 11) is 0. The van der Waals surface area contributed by atoms with Gasteiger partial charge in [-0.25, -0.2) is 0 Å². The molecule has 2 unspecified atom stereocenters. The molecule has 0 saturated carbocycles. The molecule has 0 N–H and O–H groups in total. The normalized spacial score (nSPS) is 26.2. The minimum atomic E-state index is 0.385. The Hall–Kier alpha value is -0.200. The van der Waals surface area contributed by atoms with Crippen molar-refractivity contribution >= 4 is 0 Å². The van der Waals surface area contributed by atoms with Gasteiger partial charge >= 0.3 is 0 Å². The number of ether oxygens (including phenoxy) is 4. The number of likely N-dealkylation sites (tertiary alicyclic amines) is 1. The Labute approximate surface area is 122 Å². The maximum absolute atomic E-state index is 5.91. The summed E-state index contributed by atoms with van der Waals surface area (Å²) in [5.74, 6) is 0. The van der Waals surface area contributed by atoms with Gasteiger partial charge in [-0.1, -0.05) is 0 Å². The molecule has 0 spiro atoms. The fraction of sp³-hybridized carbons (Fsp3) is 1.00. The first kappa shape index (κ1) is 16.2. The molecule has 5 heteroatoms. The minimum Gasteiger partial charge on any atom is -0.379 e. The van der Waals surface area contributed by atoms with Crippen LogP contribution in [0.2, 0.25) is 0 Å². The van der Waals surface area contributed by atoms with Gasteiger partial charge in [0.2, 0.25) is 0 Å². The molecule has 0 aromatic heterocycles. The second kappa shape index (κ2) is 9.68. The SMILES string of the molecule is CCOCCOCCOCCCN1CC2CCCC1O2. The van der Waals surface area contributed by atoms with Gasteiger partial charge in [0.05, 0.1) is 32.5 Å². The van der Waals surface area contributed by atoms with E-state index in [4.69, 9.17) is 18.9 Å². The molecule has 2 aliphatic heterocycles. The first-order chi connectivity index (χ1) is 9.90. The van der Waals surface area contributed by atoms with Crippen molar-refractivity contribution in [1.29, 1.82) is 0 Å². The first-order valence-electron chi connectivity index (χ1n) is 8.03. The largest absolute Gasteiger partial charge is 0.379 e. The molecule has 5 nitrogen and oxygen atoms in total. The van der Waals surface area contributed by atoms with E-state index >= 15 is 0 Å². The van der Waals surface area contributed by atoms with Crippen LogP contribution in [0.1, 0.15) is 32.6 Å². The number of hydrogen-bond acceptors (Lipinski definition) is 5. The van der Waals surface area contributed by atoms with Crippen LogP contribution in [-0.4, -0.2) is 70.0 Å². The predicted molar refractivity (Wildman–Crippen MR) is 76.8 cm³/mol. The molecular formula is C15H29NO4. The average molecular weight is 287 g/mol. The van der Waals surface area contributed by atoms with Gasteiger partial charge in [0, 0.05) is 26.3 Å². The topological polar surface area (TPSA) is 40.2 Å². The summed E-state index contributed by atoms with van der Waals surface area (Å²) in [6, 6.07) is 0. The third-order valence-corrected chi connectivity index (χ3v) is 3.85. The van der Waals surface area contributed by atoms with Gasteiger partial charge < -0.3 is 18.9 Å². The van der Waals surface area contributed by atoms with Gasteiger partial charge in [0.25, 0.3) is 0 Å². The minimum absolute atomic E-state index is 0.385. The van der Waals surface area contributed by atoms with Gasteiger partial charge in [-0.2, -0.15) is 0 Å². The highest BCUT2D eigenvalue weighted by molar-refractivity contribution is 4.82. The van der Waals surface area contributed by atoms with Crippen LogP contribution in [0.25, 0.3) is 0 Å². The lowest BCUT2D eigenvalue weighted by atomic mass is 10.1. The average Bonchev–Trinajstić information content (AvgIpc) is 2.75. The molecule has 0 aromatic carbocycles. The van der Waals surface area contributed by atoms with Gasteiger partial charge in [0.15, 0.2) is 0 Å². The van der Waals surface area contributed by atoms with Crippen molar-refractivity contribution in [3.05, 3.63) is 0 Å². The molecule has 0 aliphatic carbocycles. The van der Waals surface area contributed by atoms with E-state index in [1.54, 1.807) is 0 Å². The van der Waals surface area contributed by atoms with Crippen molar-refractivity contribution < 1.29 is 18.9 Å². The van der Waals surface area contributed by atoms with Crippen LogP contribution < -0.4 is 0 Å². The van der Waals surface area contributed by atoms with Crippen LogP contribution >= 0.6 is 0 Å². The molecule has 0 amide bonds. The molecule has 118 valence electrons. The van der Waals surface area contributed by atoms with Crippen LogP contribution in [0.5, 0.6) is 0 Å². The molecular weight excluding hydrogens is 258 g/mol. The lowest BCUT2D eigenvalue weighted by Gasteiger charge is -2.23. The van der Waals surface area contributed by atoms with Crippen molar-refractivity contribution in [2.45, 2.75) is 44.9 Å². The molecule has 2 fully saturated rings. The van der Waals surface area contributed by atoms with Crippen LogP contribution in [-0.2, 0) is 18.9 Å². The molecule has 0 radical (unpaired) electrons. The Morgan fingerprint density at radius 1 is 1.00 bits per heavy atom. The molecule has 0 aromatic rings. The molecule has 2 bridgehead atoms. The first-order valence-corrected chi connectivity index (χ1v) is 8.03. The Bertz CT molecular complexity index is 252. The highest BCUT2D eigenvalue weighted by Gasteiger charge is 2.35. The van der Waals surface area contributed by atoms with Gasteiger partial charge in [-0.3, -0.25) is 4.90 Å². The van der Waals surface area contributed by atoms with E-state index in [1.807, 2.05) is 6.92 Å². The Morgan fingerprint density at radius 3 is 2.50 bits per heavy atom. The van der Waals surface area contributed by atoms with Gasteiger partial charge in [-0.05, 0) is 32.6 Å². The third-order valence-electron chi connectivity index (χ3n) is 3.85. The Kier molecular flexibility index (Phi) is 7.83. The van der Waals surface area contributed by atoms with Crippen molar-refractivity contribution in [1.82, 2.24) is 4.90 Å². The summed E-state index contributed by atoms with van der Waals surface area (Å²) in [6.07, 6.45) is 5.71. The zero-order valence-electron chi connectivity index (χ0n) is 12.7.